The van der Waals surface area contributed by atoms with Crippen molar-refractivity contribution in [2.24, 2.45) is 11.8 Å². The third-order valence-electron chi connectivity index (χ3n) is 7.83. The first-order valence-electron chi connectivity index (χ1n) is 11.4. The van der Waals surface area contributed by atoms with Gasteiger partial charge in [-0.2, -0.15) is 4.98 Å². The number of nitrogens with one attached hydrogen (secondary N) is 1. The van der Waals surface area contributed by atoms with E-state index in [2.05, 4.69) is 25.4 Å². The number of hydrogen-bond donors (Lipinski definition) is 1. The molecule has 6 rings (SSSR count). The first-order valence-corrected chi connectivity index (χ1v) is 11.4. The Balaban J connectivity index is 1.33. The summed E-state index contributed by atoms with van der Waals surface area (Å²) in [6.07, 6.45) is 12.1. The van der Waals surface area contributed by atoms with Crippen LogP contribution in [-0.2, 0) is 5.41 Å². The lowest BCUT2D eigenvalue weighted by Crippen LogP contribution is -2.51. The number of carbonyl (C=O) groups excluding carboxylic acids is 1. The average Bonchev–Trinajstić information content (AvgIpc) is 3.34. The summed E-state index contributed by atoms with van der Waals surface area (Å²) < 4.78 is 5.89. The van der Waals surface area contributed by atoms with Gasteiger partial charge in [-0.05, 0) is 69.1 Å². The molecular weight excluding hydrogens is 404 g/mol. The molecule has 32 heavy (non-hydrogen) atoms. The van der Waals surface area contributed by atoms with E-state index in [0.29, 0.717) is 29.2 Å². The predicted octanol–water partition coefficient (Wildman–Crippen LogP) is 3.64. The van der Waals surface area contributed by atoms with Crippen molar-refractivity contribution < 1.29 is 9.32 Å². The number of amides is 1. The molecule has 8 nitrogen and oxygen atoms in total. The van der Waals surface area contributed by atoms with Gasteiger partial charge in [-0.1, -0.05) is 18.0 Å². The van der Waals surface area contributed by atoms with E-state index >= 15 is 0 Å². The van der Waals surface area contributed by atoms with Gasteiger partial charge in [0.15, 0.2) is 0 Å². The van der Waals surface area contributed by atoms with Crippen LogP contribution in [0.2, 0.25) is 0 Å². The number of hydrogen-bond acceptors (Lipinski definition) is 7. The molecule has 3 heterocycles. The molecule has 0 saturated heterocycles. The molecule has 3 aromatic rings. The van der Waals surface area contributed by atoms with Gasteiger partial charge in [0.05, 0.1) is 5.41 Å². The molecule has 3 fully saturated rings. The van der Waals surface area contributed by atoms with Crippen molar-refractivity contribution in [2.75, 3.05) is 0 Å². The molecule has 0 radical (unpaired) electrons. The summed E-state index contributed by atoms with van der Waals surface area (Å²) in [5, 5.41) is 7.72. The first-order chi connectivity index (χ1) is 15.6. The molecule has 1 amide bonds. The van der Waals surface area contributed by atoms with Gasteiger partial charge in [-0.25, -0.2) is 9.97 Å². The molecule has 3 saturated carbocycles. The lowest BCUT2D eigenvalue weighted by molar-refractivity contribution is 0.0856. The largest absolute Gasteiger partial charge is 0.345 e. The van der Waals surface area contributed by atoms with E-state index in [1.54, 1.807) is 18.5 Å². The maximum absolute atomic E-state index is 13.1. The van der Waals surface area contributed by atoms with Gasteiger partial charge in [-0.3, -0.25) is 9.78 Å². The Hall–Kier alpha value is -3.16. The summed E-state index contributed by atoms with van der Waals surface area (Å²) in [4.78, 5) is 30.4. The maximum Gasteiger partial charge on any atom is 0.270 e. The van der Waals surface area contributed by atoms with Gasteiger partial charge in [-0.15, -0.1) is 0 Å². The van der Waals surface area contributed by atoms with Gasteiger partial charge >= 0.3 is 0 Å². The fourth-order valence-corrected chi connectivity index (χ4v) is 6.54. The number of fused-ring (bicyclic) bond motifs is 2. The summed E-state index contributed by atoms with van der Waals surface area (Å²) in [5.74, 6) is 2.21. The molecule has 0 aliphatic heterocycles. The molecule has 3 aliphatic rings. The van der Waals surface area contributed by atoms with Crippen molar-refractivity contribution in [3.63, 3.8) is 0 Å². The number of nitrogens with zero attached hydrogens (tertiary/aromatic N) is 5. The van der Waals surface area contributed by atoms with Crippen LogP contribution in [0.1, 0.15) is 67.0 Å². The van der Waals surface area contributed by atoms with Crippen molar-refractivity contribution in [2.45, 2.75) is 62.8 Å². The molecule has 4 unspecified atom stereocenters. The SMILES string of the molecule is Cc1ccc(-c2noc(C34CC5CCCC(NC(=O)c6ccncn6)(C3)C(C5)C4)n2)cn1. The molecule has 4 atom stereocenters. The highest BCUT2D eigenvalue weighted by Gasteiger charge is 2.62. The summed E-state index contributed by atoms with van der Waals surface area (Å²) in [5.41, 5.74) is 1.79. The third-order valence-corrected chi connectivity index (χ3v) is 7.83. The molecule has 3 bridgehead atoms. The Morgan fingerprint density at radius 1 is 1.22 bits per heavy atom. The fraction of sp³-hybridized carbons (Fsp3) is 0.500. The van der Waals surface area contributed by atoms with E-state index in [9.17, 15) is 4.79 Å². The van der Waals surface area contributed by atoms with Crippen LogP contribution in [0.4, 0.5) is 0 Å². The molecule has 164 valence electrons. The van der Waals surface area contributed by atoms with E-state index in [1.807, 2.05) is 19.1 Å². The van der Waals surface area contributed by atoms with Gasteiger partial charge in [0.1, 0.15) is 12.0 Å². The first kappa shape index (κ1) is 19.5. The minimum atomic E-state index is -0.257. The topological polar surface area (TPSA) is 107 Å². The summed E-state index contributed by atoms with van der Waals surface area (Å²) >= 11 is 0. The van der Waals surface area contributed by atoms with Crippen LogP contribution in [0.15, 0.2) is 41.4 Å². The molecule has 0 aromatic carbocycles. The smallest absolute Gasteiger partial charge is 0.270 e. The number of aromatic nitrogens is 5. The molecular formula is C24H26N6O2. The molecule has 3 aliphatic carbocycles. The Labute approximate surface area is 186 Å². The normalized spacial score (nSPS) is 30.8. The van der Waals surface area contributed by atoms with E-state index < -0.39 is 0 Å². The molecule has 3 aromatic heterocycles. The van der Waals surface area contributed by atoms with Crippen LogP contribution in [0.25, 0.3) is 11.4 Å². The molecule has 0 spiro atoms. The van der Waals surface area contributed by atoms with Gasteiger partial charge in [0.25, 0.3) is 5.91 Å². The summed E-state index contributed by atoms with van der Waals surface area (Å²) in [6, 6.07) is 5.60. The fourth-order valence-electron chi connectivity index (χ4n) is 6.54. The van der Waals surface area contributed by atoms with Crippen molar-refractivity contribution >= 4 is 5.91 Å². The second-order valence-electron chi connectivity index (χ2n) is 9.87. The van der Waals surface area contributed by atoms with Crippen molar-refractivity contribution in [1.82, 2.24) is 30.4 Å². The molecule has 8 heteroatoms. The van der Waals surface area contributed by atoms with Crippen molar-refractivity contribution in [3.8, 4) is 11.4 Å². The van der Waals surface area contributed by atoms with Crippen molar-refractivity contribution in [3.05, 3.63) is 54.2 Å². The van der Waals surface area contributed by atoms with E-state index in [-0.39, 0.29) is 16.9 Å². The van der Waals surface area contributed by atoms with E-state index in [0.717, 1.165) is 49.8 Å². The average molecular weight is 431 g/mol. The zero-order valence-corrected chi connectivity index (χ0v) is 18.1. The highest BCUT2D eigenvalue weighted by molar-refractivity contribution is 5.92. The Kier molecular flexibility index (Phi) is 4.38. The van der Waals surface area contributed by atoms with Gasteiger partial charge in [0, 0.05) is 29.2 Å². The summed E-state index contributed by atoms with van der Waals surface area (Å²) in [6.45, 7) is 1.96. The van der Waals surface area contributed by atoms with Crippen LogP contribution in [0.5, 0.6) is 0 Å². The second kappa shape index (κ2) is 7.18. The lowest BCUT2D eigenvalue weighted by atomic mass is 9.69. The second-order valence-corrected chi connectivity index (χ2v) is 9.87. The zero-order chi connectivity index (χ0) is 21.8. The van der Waals surface area contributed by atoms with E-state index in [1.165, 1.54) is 12.7 Å². The minimum absolute atomic E-state index is 0.120. The standard InChI is InChI=1S/C24H26N6O2/c1-15-4-5-17(12-26-15)20-28-22(32-30-20)23-10-16-3-2-7-24(13-23,18(9-16)11-23)29-21(31)19-6-8-25-14-27-19/h4-6,8,12,14,16,18H,2-3,7,9-11,13H2,1H3,(H,29,31). The van der Waals surface area contributed by atoms with Crippen LogP contribution >= 0.6 is 0 Å². The number of carbonyl (C=O) groups is 1. The zero-order valence-electron chi connectivity index (χ0n) is 18.1. The van der Waals surface area contributed by atoms with Crippen LogP contribution in [0.3, 0.4) is 0 Å². The highest BCUT2D eigenvalue weighted by Crippen LogP contribution is 2.62. The Morgan fingerprint density at radius 2 is 2.16 bits per heavy atom. The quantitative estimate of drug-likeness (QED) is 0.673. The van der Waals surface area contributed by atoms with Crippen molar-refractivity contribution in [1.29, 1.82) is 0 Å². The Bertz CT molecular complexity index is 1150. The molecule has 1 N–H and O–H groups in total. The van der Waals surface area contributed by atoms with E-state index in [4.69, 9.17) is 9.51 Å². The summed E-state index contributed by atoms with van der Waals surface area (Å²) in [7, 11) is 0. The van der Waals surface area contributed by atoms with Crippen LogP contribution in [-0.4, -0.2) is 36.5 Å². The minimum Gasteiger partial charge on any atom is -0.345 e. The third kappa shape index (κ3) is 3.12. The maximum atomic E-state index is 13.1. The van der Waals surface area contributed by atoms with Crippen LogP contribution < -0.4 is 5.32 Å². The van der Waals surface area contributed by atoms with Crippen LogP contribution in [0, 0.1) is 18.8 Å². The lowest BCUT2D eigenvalue weighted by Gasteiger charge is -2.35. The Morgan fingerprint density at radius 3 is 2.97 bits per heavy atom. The van der Waals surface area contributed by atoms with Gasteiger partial charge in [0.2, 0.25) is 11.7 Å². The predicted molar refractivity (Wildman–Crippen MR) is 115 cm³/mol. The number of pyridine rings is 1. The van der Waals surface area contributed by atoms with Gasteiger partial charge < -0.3 is 9.84 Å². The number of rotatable bonds is 4. The number of aryl methyl sites for hydroxylation is 1. The monoisotopic (exact) mass is 430 g/mol. The highest BCUT2D eigenvalue weighted by atomic mass is 16.5.